The van der Waals surface area contributed by atoms with Crippen LogP contribution in [-0.2, 0) is 0 Å². The van der Waals surface area contributed by atoms with Gasteiger partial charge in [0.25, 0.3) is 5.91 Å². The van der Waals surface area contributed by atoms with Gasteiger partial charge < -0.3 is 5.32 Å². The molecule has 1 radical (unpaired) electrons. The van der Waals surface area contributed by atoms with Crippen molar-refractivity contribution in [2.24, 2.45) is 0 Å². The Bertz CT molecular complexity index is 333. The molecule has 0 saturated heterocycles. The molecule has 0 unspecified atom stereocenters. The minimum atomic E-state index is -0.497. The van der Waals surface area contributed by atoms with E-state index in [1.165, 1.54) is 12.1 Å². The summed E-state index contributed by atoms with van der Waals surface area (Å²) in [6.45, 7) is 0. The predicted molar refractivity (Wildman–Crippen MR) is 45.7 cm³/mol. The molecule has 1 amide bonds. The van der Waals surface area contributed by atoms with Crippen molar-refractivity contribution in [2.75, 3.05) is 0 Å². The number of carbonyl (C=O) groups excluding carboxylic acids is 1. The van der Waals surface area contributed by atoms with Crippen LogP contribution in [0.4, 0.5) is 4.39 Å². The van der Waals surface area contributed by atoms with E-state index in [0.717, 1.165) is 12.8 Å². The van der Waals surface area contributed by atoms with Crippen molar-refractivity contribution < 1.29 is 9.18 Å². The molecule has 2 rings (SSSR count). The van der Waals surface area contributed by atoms with Gasteiger partial charge in [-0.15, -0.1) is 0 Å². The van der Waals surface area contributed by atoms with Crippen LogP contribution in [0.2, 0.25) is 0 Å². The maximum absolute atomic E-state index is 12.6. The summed E-state index contributed by atoms with van der Waals surface area (Å²) in [7, 11) is 0. The fourth-order valence-corrected chi connectivity index (χ4v) is 1.06. The molecule has 0 bridgehead atoms. The standard InChI is InChI=1S/C10H9FNO/c11-8-3-1-2-7(6-8)10(13)12-9-4-5-9/h1-3,9H,4-5H2,(H,12,13). The minimum absolute atomic E-state index is 0.234. The summed E-state index contributed by atoms with van der Waals surface area (Å²) in [6, 6.07) is 6.99. The average Bonchev–Trinajstić information content (AvgIpc) is 2.88. The van der Waals surface area contributed by atoms with Crippen LogP contribution in [0.5, 0.6) is 0 Å². The third kappa shape index (κ3) is 2.05. The molecule has 1 N–H and O–H groups in total. The zero-order valence-electron chi connectivity index (χ0n) is 7.01. The van der Waals surface area contributed by atoms with Crippen LogP contribution in [0.25, 0.3) is 0 Å². The SMILES string of the molecule is O=C(NC1CC1)c1[c]c(F)ccc1. The van der Waals surface area contributed by atoms with E-state index >= 15 is 0 Å². The molecule has 3 heteroatoms. The molecule has 0 spiro atoms. The third-order valence-electron chi connectivity index (χ3n) is 1.92. The van der Waals surface area contributed by atoms with Crippen molar-refractivity contribution in [2.45, 2.75) is 18.9 Å². The average molecular weight is 178 g/mol. The molecule has 1 aliphatic carbocycles. The first-order valence-electron chi connectivity index (χ1n) is 4.24. The van der Waals surface area contributed by atoms with Crippen LogP contribution < -0.4 is 5.32 Å². The molecule has 1 saturated carbocycles. The van der Waals surface area contributed by atoms with E-state index in [-0.39, 0.29) is 11.5 Å². The number of nitrogens with one attached hydrogen (secondary N) is 1. The first-order valence-corrected chi connectivity index (χ1v) is 4.24. The molecule has 1 aromatic carbocycles. The lowest BCUT2D eigenvalue weighted by molar-refractivity contribution is 0.0950. The summed E-state index contributed by atoms with van der Waals surface area (Å²) >= 11 is 0. The molecule has 67 valence electrons. The summed E-state index contributed by atoms with van der Waals surface area (Å²) in [5.74, 6) is -0.731. The van der Waals surface area contributed by atoms with Crippen LogP contribution >= 0.6 is 0 Å². The van der Waals surface area contributed by atoms with Gasteiger partial charge in [-0.3, -0.25) is 4.79 Å². The van der Waals surface area contributed by atoms with Crippen LogP contribution in [-0.4, -0.2) is 11.9 Å². The molecular formula is C10H9FNO. The Hall–Kier alpha value is -1.38. The highest BCUT2D eigenvalue weighted by Crippen LogP contribution is 2.19. The maximum atomic E-state index is 12.6. The maximum Gasteiger partial charge on any atom is 0.252 e. The van der Waals surface area contributed by atoms with Gasteiger partial charge in [0, 0.05) is 12.1 Å². The zero-order valence-corrected chi connectivity index (χ0v) is 7.01. The Morgan fingerprint density at radius 2 is 2.31 bits per heavy atom. The number of hydrogen-bond donors (Lipinski definition) is 1. The largest absolute Gasteiger partial charge is 0.349 e. The summed E-state index contributed by atoms with van der Waals surface area (Å²) in [5, 5.41) is 2.76. The third-order valence-corrected chi connectivity index (χ3v) is 1.92. The molecule has 1 aliphatic rings. The van der Waals surface area contributed by atoms with Crippen LogP contribution in [0, 0.1) is 11.9 Å². The highest BCUT2D eigenvalue weighted by molar-refractivity contribution is 5.94. The van der Waals surface area contributed by atoms with Crippen molar-refractivity contribution in [1.29, 1.82) is 0 Å². The fourth-order valence-electron chi connectivity index (χ4n) is 1.06. The van der Waals surface area contributed by atoms with Gasteiger partial charge in [-0.05, 0) is 25.0 Å². The van der Waals surface area contributed by atoms with E-state index in [1.54, 1.807) is 6.07 Å². The van der Waals surface area contributed by atoms with E-state index in [1.807, 2.05) is 0 Å². The molecule has 0 aliphatic heterocycles. The number of carbonyl (C=O) groups is 1. The van der Waals surface area contributed by atoms with Crippen molar-refractivity contribution in [3.63, 3.8) is 0 Å². The summed E-state index contributed by atoms with van der Waals surface area (Å²) < 4.78 is 12.6. The highest BCUT2D eigenvalue weighted by Gasteiger charge is 2.23. The summed E-state index contributed by atoms with van der Waals surface area (Å²) in [5.41, 5.74) is 0.270. The summed E-state index contributed by atoms with van der Waals surface area (Å²) in [4.78, 5) is 11.3. The Morgan fingerprint density at radius 1 is 1.54 bits per heavy atom. The minimum Gasteiger partial charge on any atom is -0.349 e. The van der Waals surface area contributed by atoms with Gasteiger partial charge in [-0.1, -0.05) is 6.07 Å². The van der Waals surface area contributed by atoms with E-state index in [0.29, 0.717) is 6.04 Å². The lowest BCUT2D eigenvalue weighted by Gasteiger charge is -2.01. The Balaban J connectivity index is 2.09. The van der Waals surface area contributed by atoms with Crippen LogP contribution in [0.1, 0.15) is 23.2 Å². The molecular weight excluding hydrogens is 169 g/mol. The molecule has 0 aromatic heterocycles. The normalized spacial score (nSPS) is 15.5. The Labute approximate surface area is 75.8 Å². The topological polar surface area (TPSA) is 29.1 Å². The van der Waals surface area contributed by atoms with Gasteiger partial charge in [-0.25, -0.2) is 4.39 Å². The molecule has 0 heterocycles. The molecule has 2 nitrogen and oxygen atoms in total. The van der Waals surface area contributed by atoms with E-state index in [4.69, 9.17) is 0 Å². The zero-order chi connectivity index (χ0) is 9.26. The van der Waals surface area contributed by atoms with Gasteiger partial charge in [-0.2, -0.15) is 0 Å². The fraction of sp³-hybridized carbons (Fsp3) is 0.300. The van der Waals surface area contributed by atoms with Crippen molar-refractivity contribution in [3.05, 3.63) is 35.6 Å². The van der Waals surface area contributed by atoms with Gasteiger partial charge in [0.2, 0.25) is 0 Å². The first-order chi connectivity index (χ1) is 6.25. The number of rotatable bonds is 2. The van der Waals surface area contributed by atoms with E-state index < -0.39 is 5.82 Å². The van der Waals surface area contributed by atoms with Crippen molar-refractivity contribution in [3.8, 4) is 0 Å². The number of hydrogen-bond acceptors (Lipinski definition) is 1. The van der Waals surface area contributed by atoms with Gasteiger partial charge in [0.05, 0.1) is 5.56 Å². The molecule has 0 atom stereocenters. The summed E-state index contributed by atoms with van der Waals surface area (Å²) in [6.07, 6.45) is 2.06. The van der Waals surface area contributed by atoms with Gasteiger partial charge >= 0.3 is 0 Å². The van der Waals surface area contributed by atoms with Gasteiger partial charge in [0.1, 0.15) is 5.82 Å². The second-order valence-electron chi connectivity index (χ2n) is 3.16. The number of benzene rings is 1. The lowest BCUT2D eigenvalue weighted by atomic mass is 10.2. The smallest absolute Gasteiger partial charge is 0.252 e. The highest BCUT2D eigenvalue weighted by atomic mass is 19.1. The van der Waals surface area contributed by atoms with E-state index in [9.17, 15) is 9.18 Å². The second-order valence-corrected chi connectivity index (χ2v) is 3.16. The monoisotopic (exact) mass is 178 g/mol. The second kappa shape index (κ2) is 3.17. The lowest BCUT2D eigenvalue weighted by Crippen LogP contribution is -2.25. The van der Waals surface area contributed by atoms with Gasteiger partial charge in [0.15, 0.2) is 0 Å². The molecule has 13 heavy (non-hydrogen) atoms. The Kier molecular flexibility index (Phi) is 2.00. The van der Waals surface area contributed by atoms with E-state index in [2.05, 4.69) is 11.4 Å². The number of amides is 1. The molecule has 1 aromatic rings. The Morgan fingerprint density at radius 3 is 2.92 bits per heavy atom. The molecule has 1 fully saturated rings. The van der Waals surface area contributed by atoms with Crippen LogP contribution in [0.3, 0.4) is 0 Å². The van der Waals surface area contributed by atoms with Crippen LogP contribution in [0.15, 0.2) is 18.2 Å². The first kappa shape index (κ1) is 8.23. The predicted octanol–water partition coefficient (Wildman–Crippen LogP) is 1.52. The van der Waals surface area contributed by atoms with Crippen molar-refractivity contribution in [1.82, 2.24) is 5.32 Å². The quantitative estimate of drug-likeness (QED) is 0.730. The van der Waals surface area contributed by atoms with Crippen molar-refractivity contribution >= 4 is 5.91 Å². The number of halogens is 1.